The molecule has 0 saturated heterocycles. The number of rotatable bonds is 3. The fourth-order valence-electron chi connectivity index (χ4n) is 2.11. The van der Waals surface area contributed by atoms with Crippen LogP contribution in [0.1, 0.15) is 34.6 Å². The van der Waals surface area contributed by atoms with Crippen LogP contribution in [0.4, 0.5) is 0 Å². The first kappa shape index (κ1) is 11.2. The molecule has 1 aliphatic rings. The summed E-state index contributed by atoms with van der Waals surface area (Å²) in [6.45, 7) is 14.4. The van der Waals surface area contributed by atoms with Crippen LogP contribution in [-0.4, -0.2) is 0 Å². The van der Waals surface area contributed by atoms with Gasteiger partial charge in [0, 0.05) is 5.92 Å². The summed E-state index contributed by atoms with van der Waals surface area (Å²) < 4.78 is 10.8. The Labute approximate surface area is 86.6 Å². The average molecular weight is 196 g/mol. The van der Waals surface area contributed by atoms with E-state index in [2.05, 4.69) is 34.3 Å². The van der Waals surface area contributed by atoms with E-state index < -0.39 is 0 Å². The third-order valence-electron chi connectivity index (χ3n) is 2.58. The van der Waals surface area contributed by atoms with E-state index in [4.69, 9.17) is 9.47 Å². The third-order valence-corrected chi connectivity index (χ3v) is 2.58. The van der Waals surface area contributed by atoms with Crippen LogP contribution in [0.5, 0.6) is 0 Å². The molecule has 0 aromatic carbocycles. The molecular weight excluding hydrogens is 176 g/mol. The van der Waals surface area contributed by atoms with Crippen LogP contribution in [0.25, 0.3) is 0 Å². The second kappa shape index (κ2) is 4.07. The Kier molecular flexibility index (Phi) is 3.25. The van der Waals surface area contributed by atoms with Gasteiger partial charge in [-0.05, 0) is 25.3 Å². The van der Waals surface area contributed by atoms with Crippen molar-refractivity contribution in [1.82, 2.24) is 0 Å². The van der Waals surface area contributed by atoms with Crippen LogP contribution in [0.15, 0.2) is 24.0 Å². The van der Waals surface area contributed by atoms with Crippen LogP contribution in [-0.2, 0) is 9.47 Å². The Morgan fingerprint density at radius 1 is 1.00 bits per heavy atom. The highest BCUT2D eigenvalue weighted by atomic mass is 16.7. The topological polar surface area (TPSA) is 18.5 Å². The van der Waals surface area contributed by atoms with Crippen molar-refractivity contribution in [2.75, 3.05) is 0 Å². The van der Waals surface area contributed by atoms with E-state index in [1.807, 2.05) is 6.92 Å². The first-order valence-corrected chi connectivity index (χ1v) is 5.18. The molecule has 1 heterocycles. The molecule has 0 N–H and O–H groups in total. The molecule has 0 atom stereocenters. The van der Waals surface area contributed by atoms with Crippen LogP contribution >= 0.6 is 0 Å². The predicted molar refractivity (Wildman–Crippen MR) is 57.2 cm³/mol. The predicted octanol–water partition coefficient (Wildman–Crippen LogP) is 3.66. The normalized spacial score (nSPS) is 17.0. The zero-order valence-corrected chi connectivity index (χ0v) is 9.76. The van der Waals surface area contributed by atoms with E-state index in [9.17, 15) is 0 Å². The van der Waals surface area contributed by atoms with Gasteiger partial charge in [0.2, 0.25) is 0 Å². The molecule has 0 aromatic heterocycles. The van der Waals surface area contributed by atoms with Crippen molar-refractivity contribution in [3.8, 4) is 0 Å². The monoisotopic (exact) mass is 196 g/mol. The number of allylic oxidation sites excluding steroid dienone is 2. The van der Waals surface area contributed by atoms with Crippen LogP contribution in [0, 0.1) is 17.8 Å². The Bertz CT molecular complexity index is 253. The van der Waals surface area contributed by atoms with E-state index >= 15 is 0 Å². The molecule has 1 aliphatic heterocycles. The average Bonchev–Trinajstić information content (AvgIpc) is 2.29. The largest absolute Gasteiger partial charge is 0.428 e. The van der Waals surface area contributed by atoms with Gasteiger partial charge in [-0.3, -0.25) is 0 Å². The second-order valence-corrected chi connectivity index (χ2v) is 4.51. The first-order chi connectivity index (χ1) is 6.43. The molecule has 0 unspecified atom stereocenters. The van der Waals surface area contributed by atoms with Crippen molar-refractivity contribution in [3.63, 3.8) is 0 Å². The highest BCUT2D eigenvalue weighted by Gasteiger charge is 2.30. The van der Waals surface area contributed by atoms with Gasteiger partial charge in [-0.2, -0.15) is 0 Å². The molecule has 2 heteroatoms. The lowest BCUT2D eigenvalue weighted by Crippen LogP contribution is -2.19. The summed E-state index contributed by atoms with van der Waals surface area (Å²) in [5.41, 5.74) is 0. The maximum atomic E-state index is 5.52. The van der Waals surface area contributed by atoms with E-state index in [1.165, 1.54) is 0 Å². The quantitative estimate of drug-likeness (QED) is 0.685. The summed E-state index contributed by atoms with van der Waals surface area (Å²) in [4.78, 5) is 0. The molecule has 80 valence electrons. The molecule has 0 amide bonds. The van der Waals surface area contributed by atoms with Gasteiger partial charge in [0.15, 0.2) is 0 Å². The van der Waals surface area contributed by atoms with Crippen molar-refractivity contribution < 1.29 is 9.47 Å². The maximum Gasteiger partial charge on any atom is 0.282 e. The van der Waals surface area contributed by atoms with Crippen molar-refractivity contribution in [2.45, 2.75) is 34.6 Å². The minimum absolute atomic E-state index is 0.406. The first-order valence-electron chi connectivity index (χ1n) is 5.18. The van der Waals surface area contributed by atoms with Crippen LogP contribution in [0.2, 0.25) is 0 Å². The highest BCUT2D eigenvalue weighted by molar-refractivity contribution is 5.13. The number of ether oxygens (including phenoxy) is 2. The van der Waals surface area contributed by atoms with Gasteiger partial charge in [-0.15, -0.1) is 0 Å². The van der Waals surface area contributed by atoms with Crippen molar-refractivity contribution >= 4 is 0 Å². The Balaban J connectivity index is 2.89. The molecule has 14 heavy (non-hydrogen) atoms. The molecule has 1 rings (SSSR count). The lowest BCUT2D eigenvalue weighted by molar-refractivity contribution is 0.148. The summed E-state index contributed by atoms with van der Waals surface area (Å²) in [7, 11) is 0. The van der Waals surface area contributed by atoms with Gasteiger partial charge in [0.25, 0.3) is 5.95 Å². The van der Waals surface area contributed by atoms with E-state index in [1.54, 1.807) is 0 Å². The highest BCUT2D eigenvalue weighted by Crippen LogP contribution is 2.36. The zero-order chi connectivity index (χ0) is 10.9. The lowest BCUT2D eigenvalue weighted by Gasteiger charge is -2.24. The molecule has 0 aliphatic carbocycles. The SMILES string of the molecule is C=C1OC(C)=C(C(C(C)C)C(C)C)O1. The van der Waals surface area contributed by atoms with E-state index in [0.717, 1.165) is 11.5 Å². The molecule has 0 fully saturated rings. The van der Waals surface area contributed by atoms with Crippen molar-refractivity contribution in [3.05, 3.63) is 24.0 Å². The minimum Gasteiger partial charge on any atom is -0.428 e. The molecule has 0 spiro atoms. The lowest BCUT2D eigenvalue weighted by atomic mass is 9.83. The van der Waals surface area contributed by atoms with Crippen molar-refractivity contribution in [1.29, 1.82) is 0 Å². The van der Waals surface area contributed by atoms with E-state index in [-0.39, 0.29) is 0 Å². The summed E-state index contributed by atoms with van der Waals surface area (Å²) in [6, 6.07) is 0. The van der Waals surface area contributed by atoms with Gasteiger partial charge >= 0.3 is 0 Å². The van der Waals surface area contributed by atoms with Gasteiger partial charge in [-0.1, -0.05) is 27.7 Å². The summed E-state index contributed by atoms with van der Waals surface area (Å²) >= 11 is 0. The number of hydrogen-bond donors (Lipinski definition) is 0. The molecular formula is C12H20O2. The Morgan fingerprint density at radius 2 is 1.50 bits per heavy atom. The minimum atomic E-state index is 0.406. The van der Waals surface area contributed by atoms with Gasteiger partial charge in [0.05, 0.1) is 0 Å². The standard InChI is InChI=1S/C12H20O2/c1-7(2)11(8(3)4)12-9(5)13-10(6)14-12/h7-8,11H,6H2,1-5H3. The summed E-state index contributed by atoms with van der Waals surface area (Å²) in [6.07, 6.45) is 0. The second-order valence-electron chi connectivity index (χ2n) is 4.51. The molecule has 0 bridgehead atoms. The molecule has 0 saturated carbocycles. The summed E-state index contributed by atoms with van der Waals surface area (Å²) in [5, 5.41) is 0. The molecule has 0 aromatic rings. The summed E-state index contributed by atoms with van der Waals surface area (Å²) in [5.74, 6) is 3.74. The molecule has 0 radical (unpaired) electrons. The van der Waals surface area contributed by atoms with E-state index in [0.29, 0.717) is 23.7 Å². The number of hydrogen-bond acceptors (Lipinski definition) is 2. The fraction of sp³-hybridized carbons (Fsp3) is 0.667. The smallest absolute Gasteiger partial charge is 0.282 e. The third kappa shape index (κ3) is 2.11. The van der Waals surface area contributed by atoms with Crippen molar-refractivity contribution in [2.24, 2.45) is 17.8 Å². The maximum absolute atomic E-state index is 5.52. The van der Waals surface area contributed by atoms with Gasteiger partial charge < -0.3 is 9.47 Å². The van der Waals surface area contributed by atoms with Gasteiger partial charge in [0.1, 0.15) is 11.5 Å². The van der Waals surface area contributed by atoms with Crippen LogP contribution in [0.3, 0.4) is 0 Å². The fourth-order valence-corrected chi connectivity index (χ4v) is 2.11. The Hall–Kier alpha value is -0.920. The van der Waals surface area contributed by atoms with Gasteiger partial charge in [-0.25, -0.2) is 0 Å². The zero-order valence-electron chi connectivity index (χ0n) is 9.76. The molecule has 2 nitrogen and oxygen atoms in total. The Morgan fingerprint density at radius 3 is 1.79 bits per heavy atom. The van der Waals surface area contributed by atoms with Crippen LogP contribution < -0.4 is 0 Å².